The molecule has 2 aromatic rings. The Balaban J connectivity index is 2.06. The van der Waals surface area contributed by atoms with Crippen molar-refractivity contribution >= 4 is 52.1 Å². The molecule has 23 heavy (non-hydrogen) atoms. The molecule has 5 nitrogen and oxygen atoms in total. The van der Waals surface area contributed by atoms with Crippen LogP contribution >= 0.6 is 34.8 Å². The number of amides is 1. The van der Waals surface area contributed by atoms with E-state index in [1.165, 1.54) is 18.2 Å². The fourth-order valence-corrected chi connectivity index (χ4v) is 2.70. The number of nitro benzene ring substituents is 1. The van der Waals surface area contributed by atoms with Gasteiger partial charge in [0.2, 0.25) is 5.91 Å². The second kappa shape index (κ2) is 7.64. The van der Waals surface area contributed by atoms with Gasteiger partial charge in [-0.15, -0.1) is 0 Å². The van der Waals surface area contributed by atoms with Crippen molar-refractivity contribution in [3.05, 3.63) is 67.1 Å². The molecule has 0 saturated heterocycles. The summed E-state index contributed by atoms with van der Waals surface area (Å²) in [7, 11) is 0. The lowest BCUT2D eigenvalue weighted by molar-refractivity contribution is -0.384. The highest BCUT2D eigenvalue weighted by molar-refractivity contribution is 6.36. The van der Waals surface area contributed by atoms with Crippen molar-refractivity contribution in [1.82, 2.24) is 0 Å². The summed E-state index contributed by atoms with van der Waals surface area (Å²) in [6.07, 6.45) is 0.458. The van der Waals surface area contributed by atoms with Crippen LogP contribution in [0, 0.1) is 10.1 Å². The molecular weight excluding hydrogens is 363 g/mol. The summed E-state index contributed by atoms with van der Waals surface area (Å²) in [5, 5.41) is 14.5. The fraction of sp³-hybridized carbons (Fsp3) is 0.133. The molecule has 8 heteroatoms. The monoisotopic (exact) mass is 372 g/mol. The van der Waals surface area contributed by atoms with Gasteiger partial charge in [0.25, 0.3) is 5.69 Å². The van der Waals surface area contributed by atoms with Gasteiger partial charge in [0.05, 0.1) is 15.6 Å². The van der Waals surface area contributed by atoms with E-state index < -0.39 is 4.92 Å². The van der Waals surface area contributed by atoms with E-state index in [2.05, 4.69) is 5.32 Å². The smallest absolute Gasteiger partial charge is 0.271 e. The molecule has 1 amide bonds. The van der Waals surface area contributed by atoms with Crippen molar-refractivity contribution in [3.63, 3.8) is 0 Å². The Labute approximate surface area is 147 Å². The topological polar surface area (TPSA) is 72.2 Å². The fourth-order valence-electron chi connectivity index (χ4n) is 1.95. The number of hydrogen-bond acceptors (Lipinski definition) is 3. The molecule has 0 aliphatic rings. The van der Waals surface area contributed by atoms with Crippen LogP contribution in [-0.2, 0) is 11.2 Å². The van der Waals surface area contributed by atoms with Crippen LogP contribution in [0.1, 0.15) is 12.0 Å². The third-order valence-electron chi connectivity index (χ3n) is 3.10. The van der Waals surface area contributed by atoms with Crippen LogP contribution in [0.4, 0.5) is 11.4 Å². The summed E-state index contributed by atoms with van der Waals surface area (Å²) in [4.78, 5) is 22.2. The number of carbonyl (C=O) groups is 1. The van der Waals surface area contributed by atoms with Gasteiger partial charge in [-0.1, -0.05) is 40.9 Å². The first-order chi connectivity index (χ1) is 10.9. The van der Waals surface area contributed by atoms with Crippen molar-refractivity contribution in [3.8, 4) is 0 Å². The average molecular weight is 374 g/mol. The highest BCUT2D eigenvalue weighted by atomic mass is 35.5. The van der Waals surface area contributed by atoms with Gasteiger partial charge in [-0.3, -0.25) is 14.9 Å². The number of nitrogens with one attached hydrogen (secondary N) is 1. The molecule has 0 spiro atoms. The first-order valence-corrected chi connectivity index (χ1v) is 7.68. The summed E-state index contributed by atoms with van der Waals surface area (Å²) in [6.45, 7) is 0. The lowest BCUT2D eigenvalue weighted by atomic mass is 10.1. The van der Waals surface area contributed by atoms with Gasteiger partial charge in [-0.2, -0.15) is 0 Å². The molecule has 0 aliphatic heterocycles. The quantitative estimate of drug-likeness (QED) is 0.583. The van der Waals surface area contributed by atoms with E-state index >= 15 is 0 Å². The standard InChI is InChI=1S/C15H11Cl3N2O3/c16-11-2-1-3-12(17)10(11)5-7-15(21)19-14-8-9(20(22)23)4-6-13(14)18/h1-4,6,8H,5,7H2,(H,19,21). The first-order valence-electron chi connectivity index (χ1n) is 6.55. The summed E-state index contributed by atoms with van der Waals surface area (Å²) >= 11 is 18.0. The molecule has 2 rings (SSSR count). The number of rotatable bonds is 5. The Kier molecular flexibility index (Phi) is 5.82. The molecule has 120 valence electrons. The molecule has 0 bridgehead atoms. The van der Waals surface area contributed by atoms with E-state index in [1.54, 1.807) is 18.2 Å². The zero-order chi connectivity index (χ0) is 17.0. The Morgan fingerprint density at radius 1 is 1.09 bits per heavy atom. The van der Waals surface area contributed by atoms with Crippen LogP contribution in [0.25, 0.3) is 0 Å². The summed E-state index contributed by atoms with van der Waals surface area (Å²) in [5.41, 5.74) is 0.714. The van der Waals surface area contributed by atoms with Crippen LogP contribution in [-0.4, -0.2) is 10.8 Å². The molecular formula is C15H11Cl3N2O3. The Morgan fingerprint density at radius 3 is 2.35 bits per heavy atom. The summed E-state index contributed by atoms with van der Waals surface area (Å²) in [5.74, 6) is -0.344. The second-order valence-corrected chi connectivity index (χ2v) is 5.89. The van der Waals surface area contributed by atoms with Crippen LogP contribution in [0.5, 0.6) is 0 Å². The third-order valence-corrected chi connectivity index (χ3v) is 4.14. The largest absolute Gasteiger partial charge is 0.325 e. The van der Waals surface area contributed by atoms with Crippen molar-refractivity contribution < 1.29 is 9.72 Å². The lowest BCUT2D eigenvalue weighted by Gasteiger charge is -2.09. The second-order valence-electron chi connectivity index (χ2n) is 4.67. The molecule has 0 fully saturated rings. The van der Waals surface area contributed by atoms with Gasteiger partial charge in [-0.25, -0.2) is 0 Å². The molecule has 0 aliphatic carbocycles. The van der Waals surface area contributed by atoms with Gasteiger partial charge in [-0.05, 0) is 30.2 Å². The zero-order valence-electron chi connectivity index (χ0n) is 11.7. The van der Waals surface area contributed by atoms with E-state index in [9.17, 15) is 14.9 Å². The predicted molar refractivity (Wildman–Crippen MR) is 91.5 cm³/mol. The highest BCUT2D eigenvalue weighted by Gasteiger charge is 2.13. The Hall–Kier alpha value is -1.82. The Bertz CT molecular complexity index is 745. The van der Waals surface area contributed by atoms with E-state index in [1.807, 2.05) is 0 Å². The van der Waals surface area contributed by atoms with Crippen molar-refractivity contribution in [2.75, 3.05) is 5.32 Å². The first kappa shape index (κ1) is 17.5. The lowest BCUT2D eigenvalue weighted by Crippen LogP contribution is -2.13. The average Bonchev–Trinajstić information content (AvgIpc) is 2.48. The van der Waals surface area contributed by atoms with Crippen LogP contribution < -0.4 is 5.32 Å². The van der Waals surface area contributed by atoms with E-state index in [4.69, 9.17) is 34.8 Å². The number of anilines is 1. The van der Waals surface area contributed by atoms with Crippen molar-refractivity contribution in [2.45, 2.75) is 12.8 Å². The molecule has 0 aromatic heterocycles. The maximum atomic E-state index is 12.0. The van der Waals surface area contributed by atoms with Gasteiger partial charge in [0, 0.05) is 28.6 Å². The number of benzene rings is 2. The molecule has 0 radical (unpaired) electrons. The zero-order valence-corrected chi connectivity index (χ0v) is 14.0. The van der Waals surface area contributed by atoms with E-state index in [0.29, 0.717) is 22.0 Å². The number of non-ortho nitro benzene ring substituents is 1. The Morgan fingerprint density at radius 2 is 1.74 bits per heavy atom. The molecule has 1 N–H and O–H groups in total. The predicted octanol–water partition coefficient (Wildman–Crippen LogP) is 5.13. The number of nitro groups is 1. The number of carbonyl (C=O) groups excluding carboxylic acids is 1. The minimum absolute atomic E-state index is 0.114. The minimum Gasteiger partial charge on any atom is -0.325 e. The van der Waals surface area contributed by atoms with Crippen molar-refractivity contribution in [1.29, 1.82) is 0 Å². The SMILES string of the molecule is O=C(CCc1c(Cl)cccc1Cl)Nc1cc([N+](=O)[O-])ccc1Cl. The maximum Gasteiger partial charge on any atom is 0.271 e. The van der Waals surface area contributed by atoms with Gasteiger partial charge in [0.1, 0.15) is 0 Å². The minimum atomic E-state index is -0.560. The normalized spacial score (nSPS) is 10.4. The van der Waals surface area contributed by atoms with Crippen LogP contribution in [0.3, 0.4) is 0 Å². The molecule has 0 saturated carbocycles. The molecule has 0 heterocycles. The highest BCUT2D eigenvalue weighted by Crippen LogP contribution is 2.28. The molecule has 2 aromatic carbocycles. The van der Waals surface area contributed by atoms with E-state index in [-0.39, 0.29) is 28.7 Å². The van der Waals surface area contributed by atoms with E-state index in [0.717, 1.165) is 0 Å². The van der Waals surface area contributed by atoms with Crippen LogP contribution in [0.2, 0.25) is 15.1 Å². The number of hydrogen-bond donors (Lipinski definition) is 1. The summed E-state index contributed by atoms with van der Waals surface area (Å²) in [6, 6.07) is 8.94. The van der Waals surface area contributed by atoms with Gasteiger partial charge in [0.15, 0.2) is 0 Å². The number of halogens is 3. The van der Waals surface area contributed by atoms with Gasteiger partial charge >= 0.3 is 0 Å². The van der Waals surface area contributed by atoms with Crippen LogP contribution in [0.15, 0.2) is 36.4 Å². The third kappa shape index (κ3) is 4.58. The van der Waals surface area contributed by atoms with Crippen molar-refractivity contribution in [2.24, 2.45) is 0 Å². The molecule has 0 unspecified atom stereocenters. The van der Waals surface area contributed by atoms with Gasteiger partial charge < -0.3 is 5.32 Å². The molecule has 0 atom stereocenters. The maximum absolute atomic E-state index is 12.0. The number of nitrogens with zero attached hydrogens (tertiary/aromatic N) is 1. The summed E-state index contributed by atoms with van der Waals surface area (Å²) < 4.78 is 0.